The van der Waals surface area contributed by atoms with Gasteiger partial charge in [0.1, 0.15) is 0 Å². The molecule has 0 radical (unpaired) electrons. The molecule has 0 saturated carbocycles. The summed E-state index contributed by atoms with van der Waals surface area (Å²) >= 11 is 1.48. The lowest BCUT2D eigenvalue weighted by Gasteiger charge is -2.36. The maximum absolute atomic E-state index is 12.4. The number of aromatic nitrogens is 2. The van der Waals surface area contributed by atoms with Crippen LogP contribution < -0.4 is 5.32 Å². The number of carboxylic acid groups (broad SMARTS) is 1. The third kappa shape index (κ3) is 3.12. The zero-order valence-corrected chi connectivity index (χ0v) is 12.8. The topological polar surface area (TPSA) is 92.9 Å². The molecule has 0 aromatic carbocycles. The molecule has 8 heteroatoms. The van der Waals surface area contributed by atoms with Crippen LogP contribution in [0.4, 0.5) is 0 Å². The van der Waals surface area contributed by atoms with Crippen molar-refractivity contribution >= 4 is 28.2 Å². The van der Waals surface area contributed by atoms with Gasteiger partial charge in [-0.3, -0.25) is 14.0 Å². The highest BCUT2D eigenvalue weighted by Gasteiger charge is 2.36. The van der Waals surface area contributed by atoms with Crippen LogP contribution in [-0.4, -0.2) is 45.1 Å². The van der Waals surface area contributed by atoms with E-state index in [4.69, 9.17) is 9.84 Å². The van der Waals surface area contributed by atoms with Crippen LogP contribution in [0, 0.1) is 0 Å². The van der Waals surface area contributed by atoms with E-state index >= 15 is 0 Å². The maximum atomic E-state index is 12.4. The molecule has 22 heavy (non-hydrogen) atoms. The number of amides is 1. The predicted molar refractivity (Wildman–Crippen MR) is 80.0 cm³/mol. The Morgan fingerprint density at radius 1 is 1.45 bits per heavy atom. The number of rotatable bonds is 5. The van der Waals surface area contributed by atoms with Crippen molar-refractivity contribution in [3.8, 4) is 0 Å². The van der Waals surface area contributed by atoms with Crippen LogP contribution in [0.1, 0.15) is 25.0 Å². The van der Waals surface area contributed by atoms with Gasteiger partial charge in [0.2, 0.25) is 5.91 Å². The maximum Gasteiger partial charge on any atom is 0.305 e. The molecule has 2 aromatic heterocycles. The summed E-state index contributed by atoms with van der Waals surface area (Å²) in [6.07, 6.45) is 4.68. The average molecular weight is 323 g/mol. The highest BCUT2D eigenvalue weighted by Crippen LogP contribution is 2.25. The number of hydrogen-bond acceptors (Lipinski definition) is 5. The van der Waals surface area contributed by atoms with E-state index in [-0.39, 0.29) is 18.7 Å². The number of carbonyl (C=O) groups is 2. The quantitative estimate of drug-likeness (QED) is 0.859. The molecule has 3 rings (SSSR count). The van der Waals surface area contributed by atoms with Crippen molar-refractivity contribution in [3.63, 3.8) is 0 Å². The summed E-state index contributed by atoms with van der Waals surface area (Å²) in [4.78, 5) is 28.5. The minimum absolute atomic E-state index is 0.0772. The van der Waals surface area contributed by atoms with E-state index in [1.165, 1.54) is 11.3 Å². The first-order valence-corrected chi connectivity index (χ1v) is 7.96. The van der Waals surface area contributed by atoms with Crippen LogP contribution in [-0.2, 0) is 20.7 Å². The highest BCUT2D eigenvalue weighted by atomic mass is 32.1. The Balaban J connectivity index is 1.71. The average Bonchev–Trinajstić information content (AvgIpc) is 3.03. The third-order valence-electron chi connectivity index (χ3n) is 3.90. The fourth-order valence-electron chi connectivity index (χ4n) is 2.80. The molecule has 1 fully saturated rings. The van der Waals surface area contributed by atoms with Crippen molar-refractivity contribution in [3.05, 3.63) is 23.5 Å². The molecule has 1 saturated heterocycles. The molecule has 1 aliphatic heterocycles. The van der Waals surface area contributed by atoms with Crippen LogP contribution in [0.2, 0.25) is 0 Å². The number of carbonyl (C=O) groups excluding carboxylic acids is 1. The summed E-state index contributed by atoms with van der Waals surface area (Å²) < 4.78 is 7.16. The van der Waals surface area contributed by atoms with Crippen molar-refractivity contribution in [1.29, 1.82) is 0 Å². The van der Waals surface area contributed by atoms with Crippen molar-refractivity contribution in [2.45, 2.75) is 31.2 Å². The number of ether oxygens (including phenoxy) is 1. The molecule has 0 unspecified atom stereocenters. The van der Waals surface area contributed by atoms with Crippen LogP contribution in [0.15, 0.2) is 17.8 Å². The second-order valence-electron chi connectivity index (χ2n) is 5.50. The summed E-state index contributed by atoms with van der Waals surface area (Å²) in [6.45, 7) is 0.940. The Kier molecular flexibility index (Phi) is 4.12. The van der Waals surface area contributed by atoms with Gasteiger partial charge in [-0.05, 0) is 12.8 Å². The molecule has 7 nitrogen and oxygen atoms in total. The van der Waals surface area contributed by atoms with E-state index in [0.29, 0.717) is 26.1 Å². The molecule has 0 atom stereocenters. The Hall–Kier alpha value is -1.93. The molecule has 3 heterocycles. The van der Waals surface area contributed by atoms with E-state index in [2.05, 4.69) is 10.3 Å². The van der Waals surface area contributed by atoms with Crippen molar-refractivity contribution in [2.75, 3.05) is 13.2 Å². The Bertz CT molecular complexity index is 687. The molecular weight excluding hydrogens is 306 g/mol. The second kappa shape index (κ2) is 6.05. The number of nitrogens with one attached hydrogen (secondary N) is 1. The number of carboxylic acids is 1. The van der Waals surface area contributed by atoms with Gasteiger partial charge in [-0.25, -0.2) is 4.98 Å². The van der Waals surface area contributed by atoms with E-state index in [9.17, 15) is 9.59 Å². The van der Waals surface area contributed by atoms with Gasteiger partial charge in [-0.15, -0.1) is 11.3 Å². The summed E-state index contributed by atoms with van der Waals surface area (Å²) in [6, 6.07) is 0. The number of fused-ring (bicyclic) bond motifs is 1. The number of hydrogen-bond donors (Lipinski definition) is 2. The minimum atomic E-state index is -0.908. The second-order valence-corrected chi connectivity index (χ2v) is 6.33. The van der Waals surface area contributed by atoms with Gasteiger partial charge in [-0.1, -0.05) is 0 Å². The molecule has 2 N–H and O–H groups in total. The van der Waals surface area contributed by atoms with Crippen molar-refractivity contribution in [1.82, 2.24) is 14.7 Å². The molecule has 2 aromatic rings. The fraction of sp³-hybridized carbons (Fsp3) is 0.500. The minimum Gasteiger partial charge on any atom is -0.481 e. The standard InChI is InChI=1S/C14H17N3O4S/c18-11(7-10-9-22-13-15-3-4-17(10)13)16-14(8-12(19)20)1-5-21-6-2-14/h3-4,9H,1-2,5-8H2,(H,16,18)(H,19,20). The smallest absolute Gasteiger partial charge is 0.305 e. The lowest BCUT2D eigenvalue weighted by molar-refractivity contribution is -0.140. The highest BCUT2D eigenvalue weighted by molar-refractivity contribution is 7.15. The van der Waals surface area contributed by atoms with Crippen LogP contribution in [0.25, 0.3) is 4.96 Å². The van der Waals surface area contributed by atoms with Gasteiger partial charge in [-0.2, -0.15) is 0 Å². The molecule has 0 spiro atoms. The number of nitrogens with zero attached hydrogens (tertiary/aromatic N) is 2. The predicted octanol–water partition coefficient (Wildman–Crippen LogP) is 1.08. The zero-order valence-electron chi connectivity index (χ0n) is 11.9. The van der Waals surface area contributed by atoms with Crippen LogP contribution in [0.3, 0.4) is 0 Å². The zero-order chi connectivity index (χ0) is 15.6. The molecule has 0 aliphatic carbocycles. The van der Waals surface area contributed by atoms with Crippen molar-refractivity contribution in [2.24, 2.45) is 0 Å². The van der Waals surface area contributed by atoms with Crippen LogP contribution >= 0.6 is 11.3 Å². The molecule has 0 bridgehead atoms. The van der Waals surface area contributed by atoms with E-state index in [0.717, 1.165) is 10.7 Å². The first-order valence-electron chi connectivity index (χ1n) is 7.08. The fourth-order valence-corrected chi connectivity index (χ4v) is 3.65. The van der Waals surface area contributed by atoms with Gasteiger partial charge < -0.3 is 15.2 Å². The SMILES string of the molecule is O=C(O)CC1(NC(=O)Cc2csc3nccn23)CCOCC1. The Morgan fingerprint density at radius 3 is 2.95 bits per heavy atom. The lowest BCUT2D eigenvalue weighted by atomic mass is 9.86. The van der Waals surface area contributed by atoms with Gasteiger partial charge in [0, 0.05) is 36.7 Å². The van der Waals surface area contributed by atoms with E-state index in [1.54, 1.807) is 6.20 Å². The van der Waals surface area contributed by atoms with Crippen molar-refractivity contribution < 1.29 is 19.4 Å². The van der Waals surface area contributed by atoms with Gasteiger partial charge in [0.05, 0.1) is 18.4 Å². The summed E-state index contributed by atoms with van der Waals surface area (Å²) in [5.74, 6) is -1.08. The van der Waals surface area contributed by atoms with Crippen LogP contribution in [0.5, 0.6) is 0 Å². The summed E-state index contributed by atoms with van der Waals surface area (Å²) in [5.41, 5.74) is 0.151. The van der Waals surface area contributed by atoms with E-state index in [1.807, 2.05) is 16.0 Å². The first kappa shape index (κ1) is 15.0. The third-order valence-corrected chi connectivity index (χ3v) is 4.81. The summed E-state index contributed by atoms with van der Waals surface area (Å²) in [5, 5.41) is 13.9. The molecule has 118 valence electrons. The first-order chi connectivity index (χ1) is 10.6. The molecule has 1 aliphatic rings. The molecular formula is C14H17N3O4S. The number of aliphatic carboxylic acids is 1. The number of thiazole rings is 1. The summed E-state index contributed by atoms with van der Waals surface area (Å²) in [7, 11) is 0. The van der Waals surface area contributed by atoms with E-state index < -0.39 is 11.5 Å². The normalized spacial score (nSPS) is 17.5. The van der Waals surface area contributed by atoms with Gasteiger partial charge >= 0.3 is 5.97 Å². The van der Waals surface area contributed by atoms with Gasteiger partial charge in [0.25, 0.3) is 0 Å². The largest absolute Gasteiger partial charge is 0.481 e. The lowest BCUT2D eigenvalue weighted by Crippen LogP contribution is -2.53. The molecule has 1 amide bonds. The monoisotopic (exact) mass is 323 g/mol. The van der Waals surface area contributed by atoms with Gasteiger partial charge in [0.15, 0.2) is 4.96 Å². The number of imidazole rings is 1. The Morgan fingerprint density at radius 2 is 2.23 bits per heavy atom. The Labute approximate surface area is 130 Å².